The summed E-state index contributed by atoms with van der Waals surface area (Å²) in [5, 5.41) is 2.49. The van der Waals surface area contributed by atoms with E-state index in [0.717, 1.165) is 0 Å². The zero-order valence-electron chi connectivity index (χ0n) is 10.2. The van der Waals surface area contributed by atoms with Crippen LogP contribution in [0.1, 0.15) is 23.2 Å². The molecule has 0 aromatic heterocycles. The predicted molar refractivity (Wildman–Crippen MR) is 68.2 cm³/mol. The fourth-order valence-corrected chi connectivity index (χ4v) is 1.50. The number of ether oxygens (including phenoxy) is 1. The van der Waals surface area contributed by atoms with E-state index in [9.17, 15) is 9.59 Å². The van der Waals surface area contributed by atoms with Crippen LogP contribution in [0.3, 0.4) is 0 Å². The van der Waals surface area contributed by atoms with Crippen LogP contribution in [0.25, 0.3) is 0 Å². The van der Waals surface area contributed by atoms with Gasteiger partial charge in [-0.2, -0.15) is 0 Å². The molecule has 1 amide bonds. The van der Waals surface area contributed by atoms with E-state index in [1.54, 1.807) is 24.3 Å². The van der Waals surface area contributed by atoms with Crippen LogP contribution >= 0.6 is 0 Å². The topological polar surface area (TPSA) is 55.4 Å². The average molecular weight is 245 g/mol. The Labute approximate surface area is 106 Å². The molecule has 0 aliphatic rings. The minimum absolute atomic E-state index is 0.170. The van der Waals surface area contributed by atoms with Crippen LogP contribution in [-0.2, 0) is 4.74 Å². The van der Waals surface area contributed by atoms with Crippen LogP contribution in [0.4, 0.5) is 4.79 Å². The zero-order chi connectivity index (χ0) is 13.4. The summed E-state index contributed by atoms with van der Waals surface area (Å²) in [5.74, 6) is 2.28. The first kappa shape index (κ1) is 13.8. The number of ketones is 1. The van der Waals surface area contributed by atoms with E-state index in [1.165, 1.54) is 7.11 Å². The van der Waals surface area contributed by atoms with E-state index >= 15 is 0 Å². The smallest absolute Gasteiger partial charge is 0.407 e. The number of rotatable bonds is 5. The van der Waals surface area contributed by atoms with Crippen molar-refractivity contribution in [3.63, 3.8) is 0 Å². The molecule has 0 aliphatic heterocycles. The first-order valence-electron chi connectivity index (χ1n) is 5.56. The van der Waals surface area contributed by atoms with E-state index in [4.69, 9.17) is 6.42 Å². The summed E-state index contributed by atoms with van der Waals surface area (Å²) in [4.78, 5) is 23.3. The molecule has 1 N–H and O–H groups in total. The Morgan fingerprint density at radius 3 is 2.61 bits per heavy atom. The van der Waals surface area contributed by atoms with Crippen LogP contribution in [0.2, 0.25) is 0 Å². The van der Waals surface area contributed by atoms with Crippen molar-refractivity contribution >= 4 is 11.9 Å². The van der Waals surface area contributed by atoms with Gasteiger partial charge in [0.15, 0.2) is 5.78 Å². The summed E-state index contributed by atoms with van der Waals surface area (Å²) >= 11 is 0. The molecule has 1 aromatic rings. The summed E-state index contributed by atoms with van der Waals surface area (Å²) < 4.78 is 4.49. The predicted octanol–water partition coefficient (Wildman–Crippen LogP) is 2.01. The summed E-state index contributed by atoms with van der Waals surface area (Å²) in [6.07, 6.45) is 5.33. The van der Waals surface area contributed by atoms with Crippen molar-refractivity contribution < 1.29 is 14.3 Å². The first-order chi connectivity index (χ1) is 8.69. The molecular weight excluding hydrogens is 230 g/mol. The van der Waals surface area contributed by atoms with Gasteiger partial charge in [-0.3, -0.25) is 4.79 Å². The fraction of sp³-hybridized carbons (Fsp3) is 0.286. The standard InChI is InChI=1S/C14H15NO3/c1-3-4-10-12(15-14(17)18-2)13(16)11-8-6-5-7-9-11/h1,5-9,12H,4,10H2,2H3,(H,15,17)/t12-/m1/s1. The summed E-state index contributed by atoms with van der Waals surface area (Å²) in [6, 6.07) is 8.10. The molecule has 94 valence electrons. The molecule has 0 heterocycles. The minimum atomic E-state index is -0.657. The lowest BCUT2D eigenvalue weighted by atomic mass is 10.0. The van der Waals surface area contributed by atoms with Crippen LogP contribution in [0.15, 0.2) is 30.3 Å². The maximum Gasteiger partial charge on any atom is 0.407 e. The van der Waals surface area contributed by atoms with Crippen molar-refractivity contribution in [3.05, 3.63) is 35.9 Å². The summed E-state index contributed by atoms with van der Waals surface area (Å²) in [7, 11) is 1.25. The van der Waals surface area contributed by atoms with Crippen molar-refractivity contribution in [3.8, 4) is 12.3 Å². The second-order valence-corrected chi connectivity index (χ2v) is 3.66. The van der Waals surface area contributed by atoms with Crippen LogP contribution < -0.4 is 5.32 Å². The second kappa shape index (κ2) is 7.13. The lowest BCUT2D eigenvalue weighted by Gasteiger charge is -2.15. The van der Waals surface area contributed by atoms with Crippen molar-refractivity contribution in [2.75, 3.05) is 7.11 Å². The lowest BCUT2D eigenvalue weighted by Crippen LogP contribution is -2.40. The largest absolute Gasteiger partial charge is 0.453 e. The molecule has 1 aromatic carbocycles. The Morgan fingerprint density at radius 1 is 1.39 bits per heavy atom. The maximum atomic E-state index is 12.2. The van der Waals surface area contributed by atoms with Gasteiger partial charge in [-0.05, 0) is 6.42 Å². The molecule has 0 bridgehead atoms. The molecule has 4 nitrogen and oxygen atoms in total. The average Bonchev–Trinajstić information content (AvgIpc) is 2.43. The monoisotopic (exact) mass is 245 g/mol. The number of methoxy groups -OCH3 is 1. The molecule has 1 atom stereocenters. The highest BCUT2D eigenvalue weighted by molar-refractivity contribution is 6.01. The third-order valence-corrected chi connectivity index (χ3v) is 2.43. The highest BCUT2D eigenvalue weighted by atomic mass is 16.5. The Kier molecular flexibility index (Phi) is 5.46. The molecule has 0 saturated heterocycles. The molecule has 0 saturated carbocycles. The lowest BCUT2D eigenvalue weighted by molar-refractivity contribution is 0.0927. The third kappa shape index (κ3) is 3.95. The number of alkyl carbamates (subject to hydrolysis) is 1. The van der Waals surface area contributed by atoms with E-state index in [1.807, 2.05) is 6.07 Å². The van der Waals surface area contributed by atoms with Gasteiger partial charge in [0, 0.05) is 12.0 Å². The van der Waals surface area contributed by atoms with Crippen LogP contribution in [0, 0.1) is 12.3 Å². The third-order valence-electron chi connectivity index (χ3n) is 2.43. The highest BCUT2D eigenvalue weighted by Gasteiger charge is 2.21. The van der Waals surface area contributed by atoms with Crippen LogP contribution in [-0.4, -0.2) is 25.0 Å². The molecule has 0 spiro atoms. The van der Waals surface area contributed by atoms with Crippen molar-refractivity contribution in [1.82, 2.24) is 5.32 Å². The van der Waals surface area contributed by atoms with E-state index in [-0.39, 0.29) is 5.78 Å². The highest BCUT2D eigenvalue weighted by Crippen LogP contribution is 2.08. The number of terminal acetylenes is 1. The zero-order valence-corrected chi connectivity index (χ0v) is 10.2. The van der Waals surface area contributed by atoms with Gasteiger partial charge < -0.3 is 10.1 Å². The number of hydrogen-bond acceptors (Lipinski definition) is 3. The number of benzene rings is 1. The minimum Gasteiger partial charge on any atom is -0.453 e. The van der Waals surface area contributed by atoms with Gasteiger partial charge in [0.25, 0.3) is 0 Å². The van der Waals surface area contributed by atoms with E-state index < -0.39 is 12.1 Å². The number of carbonyl (C=O) groups is 2. The molecule has 1 rings (SSSR count). The van der Waals surface area contributed by atoms with Gasteiger partial charge in [0.2, 0.25) is 0 Å². The van der Waals surface area contributed by atoms with Gasteiger partial charge in [-0.25, -0.2) is 4.79 Å². The number of nitrogens with one attached hydrogen (secondary N) is 1. The Morgan fingerprint density at radius 2 is 2.06 bits per heavy atom. The van der Waals surface area contributed by atoms with Gasteiger partial charge in [-0.15, -0.1) is 12.3 Å². The first-order valence-corrected chi connectivity index (χ1v) is 5.56. The van der Waals surface area contributed by atoms with Gasteiger partial charge in [0.05, 0.1) is 13.2 Å². The maximum absolute atomic E-state index is 12.2. The Bertz CT molecular complexity index is 448. The molecule has 0 fully saturated rings. The van der Waals surface area contributed by atoms with Crippen LogP contribution in [0.5, 0.6) is 0 Å². The summed E-state index contributed by atoms with van der Waals surface area (Å²) in [6.45, 7) is 0. The Balaban J connectivity index is 2.79. The number of carbonyl (C=O) groups excluding carboxylic acids is 2. The molecule has 18 heavy (non-hydrogen) atoms. The molecule has 0 radical (unpaired) electrons. The molecule has 0 unspecified atom stereocenters. The normalized spacial score (nSPS) is 11.1. The van der Waals surface area contributed by atoms with Gasteiger partial charge in [0.1, 0.15) is 0 Å². The molecular formula is C14H15NO3. The van der Waals surface area contributed by atoms with Crippen molar-refractivity contribution in [1.29, 1.82) is 0 Å². The molecule has 4 heteroatoms. The second-order valence-electron chi connectivity index (χ2n) is 3.66. The van der Waals surface area contributed by atoms with Gasteiger partial charge >= 0.3 is 6.09 Å². The number of Topliss-reactive ketones (excluding diaryl/α,β-unsaturated/α-hetero) is 1. The van der Waals surface area contributed by atoms with E-state index in [2.05, 4.69) is 16.0 Å². The Hall–Kier alpha value is -2.28. The number of amides is 1. The molecule has 0 aliphatic carbocycles. The van der Waals surface area contributed by atoms with Crippen molar-refractivity contribution in [2.24, 2.45) is 0 Å². The number of hydrogen-bond donors (Lipinski definition) is 1. The summed E-state index contributed by atoms with van der Waals surface area (Å²) in [5.41, 5.74) is 0.538. The van der Waals surface area contributed by atoms with Crippen molar-refractivity contribution in [2.45, 2.75) is 18.9 Å². The van der Waals surface area contributed by atoms with Gasteiger partial charge in [-0.1, -0.05) is 30.3 Å². The van der Waals surface area contributed by atoms with E-state index in [0.29, 0.717) is 18.4 Å². The quantitative estimate of drug-likeness (QED) is 0.637. The fourth-order valence-electron chi connectivity index (χ4n) is 1.50. The SMILES string of the molecule is C#CCC[C@@H](NC(=O)OC)C(=O)c1ccccc1.